The topological polar surface area (TPSA) is 71.6 Å². The van der Waals surface area contributed by atoms with Crippen LogP contribution in [-0.4, -0.2) is 90.0 Å². The predicted octanol–water partition coefficient (Wildman–Crippen LogP) is 3.32. The molecule has 0 unspecified atom stereocenters. The molecule has 0 N–H and O–H groups in total. The molecule has 182 valence electrons. The third-order valence-electron chi connectivity index (χ3n) is 6.56. The molecule has 33 heavy (non-hydrogen) atoms. The lowest BCUT2D eigenvalue weighted by Crippen LogP contribution is -2.56. The van der Waals surface area contributed by atoms with Gasteiger partial charge in [0.05, 0.1) is 17.8 Å². The zero-order valence-electron chi connectivity index (χ0n) is 20.1. The lowest BCUT2D eigenvalue weighted by atomic mass is 9.87. The van der Waals surface area contributed by atoms with Crippen LogP contribution in [-0.2, 0) is 14.3 Å². The van der Waals surface area contributed by atoms with E-state index in [4.69, 9.17) is 14.3 Å². The van der Waals surface area contributed by atoms with Crippen LogP contribution in [0.1, 0.15) is 56.8 Å². The van der Waals surface area contributed by atoms with Crippen molar-refractivity contribution in [2.45, 2.75) is 70.3 Å². The fourth-order valence-corrected chi connectivity index (χ4v) is 4.62. The van der Waals surface area contributed by atoms with Crippen LogP contribution in [0.25, 0.3) is 0 Å². The van der Waals surface area contributed by atoms with E-state index in [1.54, 1.807) is 22.1 Å². The second-order valence-electron chi connectivity index (χ2n) is 10.3. The van der Waals surface area contributed by atoms with Gasteiger partial charge in [-0.05, 0) is 58.6 Å². The van der Waals surface area contributed by atoms with Crippen LogP contribution in [0.2, 0.25) is 0 Å². The molecule has 1 saturated carbocycles. The largest absolute Gasteiger partial charge is 0.444 e. The molecule has 4 rings (SSSR count). The molecule has 1 aliphatic carbocycles. The molecule has 0 spiro atoms. The van der Waals surface area contributed by atoms with E-state index in [2.05, 4.69) is 4.90 Å². The Balaban J connectivity index is 1.10. The Morgan fingerprint density at radius 2 is 1.52 bits per heavy atom. The van der Waals surface area contributed by atoms with E-state index < -0.39 is 5.60 Å². The number of benzene rings is 1. The highest BCUT2D eigenvalue weighted by Crippen LogP contribution is 2.32. The lowest BCUT2D eigenvalue weighted by molar-refractivity contribution is -0.149. The van der Waals surface area contributed by atoms with Crippen molar-refractivity contribution in [3.63, 3.8) is 0 Å². The highest BCUT2D eigenvalue weighted by Gasteiger charge is 2.38. The summed E-state index contributed by atoms with van der Waals surface area (Å²) < 4.78 is 11.8. The van der Waals surface area contributed by atoms with Crippen LogP contribution in [0.15, 0.2) is 30.3 Å². The minimum atomic E-state index is -0.458. The molecular formula is C25H37N3O5. The summed E-state index contributed by atoms with van der Waals surface area (Å²) in [7, 11) is 0. The molecule has 3 fully saturated rings. The standard InChI is InChI=1S/C25H37N3O5/c1-25(2,3)32-24(30)27-11-9-21(10-12-27)31-22-17-20(18-22)26-13-15-28(16-14-26)33-23(29)19-7-5-4-6-8-19/h4-8,20-22H,9-18H2,1-3H3. The van der Waals surface area contributed by atoms with Crippen LogP contribution in [0.5, 0.6) is 0 Å². The number of nitrogens with zero attached hydrogens (tertiary/aromatic N) is 3. The quantitative estimate of drug-likeness (QED) is 0.669. The van der Waals surface area contributed by atoms with Crippen LogP contribution >= 0.6 is 0 Å². The van der Waals surface area contributed by atoms with Crippen molar-refractivity contribution in [1.29, 1.82) is 0 Å². The average molecular weight is 460 g/mol. The third-order valence-corrected chi connectivity index (χ3v) is 6.56. The maximum atomic E-state index is 12.2. The Labute approximate surface area is 196 Å². The van der Waals surface area contributed by atoms with Crippen LogP contribution in [0, 0.1) is 0 Å². The Morgan fingerprint density at radius 3 is 2.12 bits per heavy atom. The van der Waals surface area contributed by atoms with Gasteiger partial charge in [0.2, 0.25) is 0 Å². The van der Waals surface area contributed by atoms with E-state index in [0.717, 1.165) is 51.9 Å². The van der Waals surface area contributed by atoms with E-state index in [9.17, 15) is 9.59 Å². The summed E-state index contributed by atoms with van der Waals surface area (Å²) in [6.07, 6.45) is 4.15. The lowest BCUT2D eigenvalue weighted by Gasteiger charge is -2.47. The molecule has 8 nitrogen and oxygen atoms in total. The molecule has 1 aromatic carbocycles. The van der Waals surface area contributed by atoms with Gasteiger partial charge in [0.15, 0.2) is 0 Å². The SMILES string of the molecule is CC(C)(C)OC(=O)N1CCC(OC2CC(N3CCN(OC(=O)c4ccccc4)CC3)C2)CC1. The van der Waals surface area contributed by atoms with E-state index in [1.165, 1.54) is 0 Å². The van der Waals surface area contributed by atoms with Crippen molar-refractivity contribution in [3.8, 4) is 0 Å². The van der Waals surface area contributed by atoms with E-state index in [1.807, 2.05) is 39.0 Å². The molecule has 0 bridgehead atoms. The number of likely N-dealkylation sites (tertiary alicyclic amines) is 1. The molecule has 8 heteroatoms. The van der Waals surface area contributed by atoms with Crippen molar-refractivity contribution >= 4 is 12.1 Å². The number of amides is 1. The number of rotatable bonds is 5. The minimum Gasteiger partial charge on any atom is -0.444 e. The molecule has 2 aliphatic heterocycles. The normalized spacial score (nSPS) is 25.4. The van der Waals surface area contributed by atoms with Crippen molar-refractivity contribution in [2.75, 3.05) is 39.3 Å². The van der Waals surface area contributed by atoms with Gasteiger partial charge in [-0.25, -0.2) is 9.59 Å². The van der Waals surface area contributed by atoms with Gasteiger partial charge in [0.25, 0.3) is 0 Å². The molecule has 1 aromatic rings. The van der Waals surface area contributed by atoms with E-state index >= 15 is 0 Å². The van der Waals surface area contributed by atoms with Gasteiger partial charge in [0, 0.05) is 45.3 Å². The van der Waals surface area contributed by atoms with Gasteiger partial charge in [-0.1, -0.05) is 18.2 Å². The maximum absolute atomic E-state index is 12.2. The Kier molecular flexibility index (Phi) is 7.56. The molecule has 0 radical (unpaired) electrons. The van der Waals surface area contributed by atoms with Crippen molar-refractivity contribution in [3.05, 3.63) is 35.9 Å². The first-order chi connectivity index (χ1) is 15.8. The zero-order chi connectivity index (χ0) is 23.4. The van der Waals surface area contributed by atoms with Crippen molar-refractivity contribution in [1.82, 2.24) is 14.9 Å². The second kappa shape index (κ2) is 10.4. The van der Waals surface area contributed by atoms with Gasteiger partial charge < -0.3 is 19.2 Å². The smallest absolute Gasteiger partial charge is 0.410 e. The first kappa shape index (κ1) is 24.0. The summed E-state index contributed by atoms with van der Waals surface area (Å²) >= 11 is 0. The van der Waals surface area contributed by atoms with Crippen molar-refractivity contribution < 1.29 is 23.9 Å². The first-order valence-electron chi connectivity index (χ1n) is 12.2. The van der Waals surface area contributed by atoms with Gasteiger partial charge >= 0.3 is 12.1 Å². The number of carbonyl (C=O) groups is 2. The van der Waals surface area contributed by atoms with E-state index in [0.29, 0.717) is 30.8 Å². The third kappa shape index (κ3) is 6.68. The van der Waals surface area contributed by atoms with Gasteiger partial charge in [-0.2, -0.15) is 0 Å². The summed E-state index contributed by atoms with van der Waals surface area (Å²) in [5.74, 6) is -0.293. The molecular weight excluding hydrogens is 422 g/mol. The number of ether oxygens (including phenoxy) is 2. The maximum Gasteiger partial charge on any atom is 0.410 e. The Hall–Kier alpha value is -2.16. The van der Waals surface area contributed by atoms with Crippen LogP contribution in [0.3, 0.4) is 0 Å². The second-order valence-corrected chi connectivity index (χ2v) is 10.3. The first-order valence-corrected chi connectivity index (χ1v) is 12.2. The number of hydroxylamine groups is 2. The Bertz CT molecular complexity index is 790. The molecule has 2 saturated heterocycles. The molecule has 3 aliphatic rings. The molecule has 0 atom stereocenters. The van der Waals surface area contributed by atoms with Crippen LogP contribution < -0.4 is 0 Å². The fourth-order valence-electron chi connectivity index (χ4n) is 4.62. The number of carbonyl (C=O) groups excluding carboxylic acids is 2. The van der Waals surface area contributed by atoms with Crippen LogP contribution in [0.4, 0.5) is 4.79 Å². The Morgan fingerprint density at radius 1 is 0.879 bits per heavy atom. The summed E-state index contributed by atoms with van der Waals surface area (Å²) in [6, 6.07) is 9.66. The summed E-state index contributed by atoms with van der Waals surface area (Å²) in [5, 5.41) is 1.77. The highest BCUT2D eigenvalue weighted by molar-refractivity contribution is 5.89. The van der Waals surface area contributed by atoms with Gasteiger partial charge in [-0.15, -0.1) is 5.06 Å². The highest BCUT2D eigenvalue weighted by atomic mass is 16.7. The van der Waals surface area contributed by atoms with Gasteiger partial charge in [-0.3, -0.25) is 4.90 Å². The minimum absolute atomic E-state index is 0.224. The van der Waals surface area contributed by atoms with Crippen molar-refractivity contribution in [2.24, 2.45) is 0 Å². The molecule has 1 amide bonds. The number of piperidine rings is 1. The number of hydrogen-bond acceptors (Lipinski definition) is 7. The van der Waals surface area contributed by atoms with Gasteiger partial charge in [0.1, 0.15) is 5.60 Å². The zero-order valence-corrected chi connectivity index (χ0v) is 20.1. The summed E-state index contributed by atoms with van der Waals surface area (Å²) in [6.45, 7) is 10.3. The number of piperazine rings is 1. The molecule has 2 heterocycles. The summed E-state index contributed by atoms with van der Waals surface area (Å²) in [5.41, 5.74) is 0.122. The van der Waals surface area contributed by atoms with E-state index in [-0.39, 0.29) is 18.2 Å². The molecule has 0 aromatic heterocycles. The number of hydrogen-bond donors (Lipinski definition) is 0. The fraction of sp³-hybridized carbons (Fsp3) is 0.680. The monoisotopic (exact) mass is 459 g/mol. The summed E-state index contributed by atoms with van der Waals surface area (Å²) in [4.78, 5) is 34.2. The predicted molar refractivity (Wildman–Crippen MR) is 124 cm³/mol. The average Bonchev–Trinajstić information content (AvgIpc) is 2.76.